The van der Waals surface area contributed by atoms with Gasteiger partial charge in [-0.05, 0) is 24.0 Å². The van der Waals surface area contributed by atoms with Gasteiger partial charge in [0.2, 0.25) is 0 Å². The molecule has 1 amide bonds. The first kappa shape index (κ1) is 15.6. The number of aliphatic hydroxyl groups is 1. The second-order valence-corrected chi connectivity index (χ2v) is 6.10. The van der Waals surface area contributed by atoms with Crippen molar-refractivity contribution in [2.75, 3.05) is 0 Å². The van der Waals surface area contributed by atoms with Crippen LogP contribution in [0.2, 0.25) is 0 Å². The first-order valence-corrected chi connectivity index (χ1v) is 7.89. The van der Waals surface area contributed by atoms with Crippen molar-refractivity contribution in [2.45, 2.75) is 37.5 Å². The Morgan fingerprint density at radius 3 is 2.30 bits per heavy atom. The molecule has 1 aliphatic carbocycles. The van der Waals surface area contributed by atoms with E-state index >= 15 is 0 Å². The monoisotopic (exact) mass is 311 g/mol. The average Bonchev–Trinajstić information content (AvgIpc) is 3.31. The van der Waals surface area contributed by atoms with Crippen molar-refractivity contribution in [1.29, 1.82) is 0 Å². The predicted molar refractivity (Wildman–Crippen MR) is 87.7 cm³/mol. The van der Waals surface area contributed by atoms with Crippen molar-refractivity contribution in [3.05, 3.63) is 71.8 Å². The second-order valence-electron chi connectivity index (χ2n) is 6.10. The van der Waals surface area contributed by atoms with Gasteiger partial charge in [-0.1, -0.05) is 60.7 Å². The number of nitrogens with one attached hydrogen (secondary N) is 1. The Morgan fingerprint density at radius 2 is 1.70 bits per heavy atom. The highest BCUT2D eigenvalue weighted by atomic mass is 16.5. The standard InChI is InChI=1S/C19H21NO3/c21-18(23-14-15-7-3-1-4-8-15)20-17(13-19(22)11-12-19)16-9-5-2-6-10-16/h1-10,17,22H,11-14H2,(H,20,21)/t17-/m0/s1. The van der Waals surface area contributed by atoms with Crippen LogP contribution in [0, 0.1) is 0 Å². The Kier molecular flexibility index (Phi) is 4.63. The van der Waals surface area contributed by atoms with Crippen molar-refractivity contribution in [2.24, 2.45) is 0 Å². The SMILES string of the molecule is O=C(N[C@@H](CC1(O)CC1)c1ccccc1)OCc1ccccc1. The molecule has 2 aromatic carbocycles. The lowest BCUT2D eigenvalue weighted by Crippen LogP contribution is -2.32. The Morgan fingerprint density at radius 1 is 1.09 bits per heavy atom. The van der Waals surface area contributed by atoms with Crippen LogP contribution in [0.3, 0.4) is 0 Å². The topological polar surface area (TPSA) is 58.6 Å². The summed E-state index contributed by atoms with van der Waals surface area (Å²) in [4.78, 5) is 12.1. The molecule has 1 aliphatic rings. The summed E-state index contributed by atoms with van der Waals surface area (Å²) in [6.45, 7) is 0.235. The quantitative estimate of drug-likeness (QED) is 0.857. The van der Waals surface area contributed by atoms with Crippen LogP contribution in [0.4, 0.5) is 4.79 Å². The lowest BCUT2D eigenvalue weighted by molar-refractivity contribution is 0.111. The van der Waals surface area contributed by atoms with Crippen molar-refractivity contribution in [3.8, 4) is 0 Å². The molecule has 2 aromatic rings. The number of hydrogen-bond donors (Lipinski definition) is 2. The van der Waals surface area contributed by atoms with Crippen molar-refractivity contribution >= 4 is 6.09 Å². The van der Waals surface area contributed by atoms with Crippen molar-refractivity contribution in [1.82, 2.24) is 5.32 Å². The van der Waals surface area contributed by atoms with E-state index in [1.54, 1.807) is 0 Å². The van der Waals surface area contributed by atoms with Gasteiger partial charge < -0.3 is 15.2 Å². The number of carbonyl (C=O) groups is 1. The van der Waals surface area contributed by atoms with Crippen molar-refractivity contribution in [3.63, 3.8) is 0 Å². The molecule has 1 saturated carbocycles. The maximum absolute atomic E-state index is 12.1. The molecule has 23 heavy (non-hydrogen) atoms. The number of ether oxygens (including phenoxy) is 1. The van der Waals surface area contributed by atoms with Gasteiger partial charge in [0.05, 0.1) is 11.6 Å². The van der Waals surface area contributed by atoms with Crippen LogP contribution in [0.5, 0.6) is 0 Å². The fourth-order valence-electron chi connectivity index (χ4n) is 2.57. The average molecular weight is 311 g/mol. The van der Waals surface area contributed by atoms with Gasteiger partial charge in [-0.15, -0.1) is 0 Å². The molecule has 0 saturated heterocycles. The fourth-order valence-corrected chi connectivity index (χ4v) is 2.57. The zero-order chi connectivity index (χ0) is 16.1. The Hall–Kier alpha value is -2.33. The number of amides is 1. The third-order valence-electron chi connectivity index (χ3n) is 4.12. The van der Waals surface area contributed by atoms with E-state index in [1.165, 1.54) is 0 Å². The third-order valence-corrected chi connectivity index (χ3v) is 4.12. The van der Waals surface area contributed by atoms with E-state index in [4.69, 9.17) is 4.74 Å². The van der Waals surface area contributed by atoms with E-state index < -0.39 is 11.7 Å². The molecule has 0 spiro atoms. The summed E-state index contributed by atoms with van der Waals surface area (Å²) >= 11 is 0. The maximum atomic E-state index is 12.1. The summed E-state index contributed by atoms with van der Waals surface area (Å²) in [5.74, 6) is 0. The molecule has 120 valence electrons. The molecular weight excluding hydrogens is 290 g/mol. The summed E-state index contributed by atoms with van der Waals surface area (Å²) in [5.41, 5.74) is 1.27. The highest BCUT2D eigenvalue weighted by Crippen LogP contribution is 2.42. The van der Waals surface area contributed by atoms with Crippen LogP contribution in [-0.4, -0.2) is 16.8 Å². The van der Waals surface area contributed by atoms with Crippen LogP contribution in [0.1, 0.15) is 36.4 Å². The lowest BCUT2D eigenvalue weighted by Gasteiger charge is -2.21. The smallest absolute Gasteiger partial charge is 0.407 e. The van der Waals surface area contributed by atoms with Crippen LogP contribution in [0.25, 0.3) is 0 Å². The molecule has 0 heterocycles. The van der Waals surface area contributed by atoms with E-state index in [9.17, 15) is 9.90 Å². The van der Waals surface area contributed by atoms with Crippen LogP contribution < -0.4 is 5.32 Å². The van der Waals surface area contributed by atoms with Gasteiger partial charge in [0.1, 0.15) is 6.61 Å². The minimum atomic E-state index is -0.646. The minimum Gasteiger partial charge on any atom is -0.445 e. The molecule has 4 heteroatoms. The predicted octanol–water partition coefficient (Wildman–Crippen LogP) is 3.57. The van der Waals surface area contributed by atoms with Gasteiger partial charge in [-0.25, -0.2) is 4.79 Å². The normalized spacial score (nSPS) is 16.4. The molecule has 4 nitrogen and oxygen atoms in total. The van der Waals surface area contributed by atoms with Crippen molar-refractivity contribution < 1.29 is 14.6 Å². The van der Waals surface area contributed by atoms with Gasteiger partial charge in [0.25, 0.3) is 0 Å². The van der Waals surface area contributed by atoms with E-state index in [1.807, 2.05) is 60.7 Å². The molecular formula is C19H21NO3. The molecule has 0 radical (unpaired) electrons. The zero-order valence-electron chi connectivity index (χ0n) is 12.9. The summed E-state index contributed by atoms with van der Waals surface area (Å²) in [6.07, 6.45) is 1.62. The minimum absolute atomic E-state index is 0.235. The first-order valence-electron chi connectivity index (χ1n) is 7.89. The Labute approximate surface area is 136 Å². The summed E-state index contributed by atoms with van der Waals surface area (Å²) in [6, 6.07) is 19.0. The first-order chi connectivity index (χ1) is 11.1. The molecule has 1 atom stereocenters. The van der Waals surface area contributed by atoms with Gasteiger partial charge >= 0.3 is 6.09 Å². The number of hydrogen-bond acceptors (Lipinski definition) is 3. The number of alkyl carbamates (subject to hydrolysis) is 1. The Bertz CT molecular complexity index is 638. The molecule has 0 aliphatic heterocycles. The Balaban J connectivity index is 1.60. The van der Waals surface area contributed by atoms with Gasteiger partial charge in [-0.2, -0.15) is 0 Å². The molecule has 1 fully saturated rings. The van der Waals surface area contributed by atoms with E-state index in [0.717, 1.165) is 24.0 Å². The molecule has 3 rings (SSSR count). The van der Waals surface area contributed by atoms with Gasteiger partial charge in [-0.3, -0.25) is 0 Å². The fraction of sp³-hybridized carbons (Fsp3) is 0.316. The van der Waals surface area contributed by atoms with Crippen LogP contribution in [0.15, 0.2) is 60.7 Å². The van der Waals surface area contributed by atoms with Gasteiger partial charge in [0.15, 0.2) is 0 Å². The van der Waals surface area contributed by atoms with E-state index in [2.05, 4.69) is 5.32 Å². The summed E-state index contributed by atoms with van der Waals surface area (Å²) in [7, 11) is 0. The molecule has 2 N–H and O–H groups in total. The lowest BCUT2D eigenvalue weighted by atomic mass is 10.00. The molecule has 0 aromatic heterocycles. The number of carbonyl (C=O) groups excluding carboxylic acids is 1. The van der Waals surface area contributed by atoms with E-state index in [0.29, 0.717) is 6.42 Å². The zero-order valence-corrected chi connectivity index (χ0v) is 12.9. The number of rotatable bonds is 6. The summed E-state index contributed by atoms with van der Waals surface area (Å²) in [5, 5.41) is 13.1. The van der Waals surface area contributed by atoms with Crippen LogP contribution >= 0.6 is 0 Å². The largest absolute Gasteiger partial charge is 0.445 e. The maximum Gasteiger partial charge on any atom is 0.407 e. The van der Waals surface area contributed by atoms with Gasteiger partial charge in [0, 0.05) is 6.42 Å². The van der Waals surface area contributed by atoms with E-state index in [-0.39, 0.29) is 12.6 Å². The molecule has 0 unspecified atom stereocenters. The number of benzene rings is 2. The highest BCUT2D eigenvalue weighted by Gasteiger charge is 2.42. The second kappa shape index (κ2) is 6.84. The highest BCUT2D eigenvalue weighted by molar-refractivity contribution is 5.68. The third kappa shape index (κ3) is 4.57. The molecule has 0 bridgehead atoms. The van der Waals surface area contributed by atoms with Crippen LogP contribution in [-0.2, 0) is 11.3 Å². The summed E-state index contributed by atoms with van der Waals surface area (Å²) < 4.78 is 5.28.